The highest BCUT2D eigenvalue weighted by Gasteiger charge is 2.41. The average Bonchev–Trinajstić information content (AvgIpc) is 2.85. The quantitative estimate of drug-likeness (QED) is 0.641. The molecule has 3 rings (SSSR count). The van der Waals surface area contributed by atoms with Crippen molar-refractivity contribution in [2.75, 3.05) is 19.1 Å². The number of nitrogens with zero attached hydrogens (tertiary/aromatic N) is 2. The second kappa shape index (κ2) is 5.95. The average molecular weight is 346 g/mol. The van der Waals surface area contributed by atoms with Gasteiger partial charge in [-0.05, 0) is 18.2 Å². The van der Waals surface area contributed by atoms with Crippen LogP contribution in [0.4, 0.5) is 11.4 Å². The molecule has 9 nitrogen and oxygen atoms in total. The van der Waals surface area contributed by atoms with Crippen molar-refractivity contribution in [2.24, 2.45) is 0 Å². The number of nitro groups is 1. The Morgan fingerprint density at radius 3 is 2.52 bits per heavy atom. The number of aromatic hydroxyl groups is 1. The van der Waals surface area contributed by atoms with Crippen molar-refractivity contribution in [1.82, 2.24) is 0 Å². The minimum absolute atomic E-state index is 0.0697. The zero-order chi connectivity index (χ0) is 18.3. The number of anilines is 1. The van der Waals surface area contributed by atoms with Crippen molar-refractivity contribution in [2.45, 2.75) is 6.23 Å². The standard InChI is InChI=1S/C16H14N2O7/c1-24-12-6-4-9-13(14(12)25-2)16(21)17(15(9)20)10-7-8(18(22)23)3-5-11(10)19/h3-7,15,19-20H,1-2H3/t15-/m0/s1. The monoisotopic (exact) mass is 346 g/mol. The number of phenols is 1. The number of ether oxygens (including phenoxy) is 2. The molecular formula is C16H14N2O7. The number of hydrogen-bond donors (Lipinski definition) is 2. The Hall–Kier alpha value is -3.33. The summed E-state index contributed by atoms with van der Waals surface area (Å²) in [4.78, 5) is 24.0. The molecule has 0 bridgehead atoms. The first-order valence-corrected chi connectivity index (χ1v) is 7.14. The second-order valence-electron chi connectivity index (χ2n) is 5.24. The van der Waals surface area contributed by atoms with Gasteiger partial charge >= 0.3 is 0 Å². The van der Waals surface area contributed by atoms with Gasteiger partial charge in [0.15, 0.2) is 17.7 Å². The molecule has 0 saturated carbocycles. The summed E-state index contributed by atoms with van der Waals surface area (Å²) in [5.41, 5.74) is -0.189. The summed E-state index contributed by atoms with van der Waals surface area (Å²) in [6, 6.07) is 6.24. The van der Waals surface area contributed by atoms with E-state index in [0.29, 0.717) is 5.75 Å². The van der Waals surface area contributed by atoms with Crippen LogP contribution in [0.25, 0.3) is 0 Å². The molecule has 0 saturated heterocycles. The van der Waals surface area contributed by atoms with Gasteiger partial charge in [0.2, 0.25) is 0 Å². The van der Waals surface area contributed by atoms with Crippen molar-refractivity contribution in [3.05, 3.63) is 51.6 Å². The van der Waals surface area contributed by atoms with Crippen LogP contribution >= 0.6 is 0 Å². The Labute approximate surface area is 141 Å². The molecular weight excluding hydrogens is 332 g/mol. The van der Waals surface area contributed by atoms with Gasteiger partial charge in [-0.15, -0.1) is 0 Å². The summed E-state index contributed by atoms with van der Waals surface area (Å²) in [6.07, 6.45) is -1.43. The van der Waals surface area contributed by atoms with Crippen LogP contribution in [0.5, 0.6) is 17.2 Å². The van der Waals surface area contributed by atoms with Gasteiger partial charge in [0, 0.05) is 17.7 Å². The molecule has 0 aromatic heterocycles. The number of methoxy groups -OCH3 is 2. The summed E-state index contributed by atoms with van der Waals surface area (Å²) in [7, 11) is 2.76. The summed E-state index contributed by atoms with van der Waals surface area (Å²) >= 11 is 0. The van der Waals surface area contributed by atoms with Gasteiger partial charge in [-0.1, -0.05) is 0 Å². The molecule has 1 amide bonds. The van der Waals surface area contributed by atoms with E-state index in [2.05, 4.69) is 0 Å². The fourth-order valence-corrected chi connectivity index (χ4v) is 2.81. The number of amides is 1. The Bertz CT molecular complexity index is 881. The van der Waals surface area contributed by atoms with Crippen molar-refractivity contribution < 1.29 is 29.4 Å². The van der Waals surface area contributed by atoms with E-state index in [1.807, 2.05) is 0 Å². The Morgan fingerprint density at radius 1 is 1.20 bits per heavy atom. The first kappa shape index (κ1) is 16.5. The van der Waals surface area contributed by atoms with Crippen LogP contribution in [-0.4, -0.2) is 35.3 Å². The molecule has 2 aromatic rings. The number of carbonyl (C=O) groups is 1. The lowest BCUT2D eigenvalue weighted by Gasteiger charge is -2.21. The highest BCUT2D eigenvalue weighted by Crippen LogP contribution is 2.46. The topological polar surface area (TPSA) is 122 Å². The molecule has 0 unspecified atom stereocenters. The molecule has 2 aromatic carbocycles. The predicted octanol–water partition coefficient (Wildman–Crippen LogP) is 1.97. The highest BCUT2D eigenvalue weighted by atomic mass is 16.6. The van der Waals surface area contributed by atoms with Crippen LogP contribution in [0.15, 0.2) is 30.3 Å². The fourth-order valence-electron chi connectivity index (χ4n) is 2.81. The number of carbonyl (C=O) groups excluding carboxylic acids is 1. The van der Waals surface area contributed by atoms with E-state index < -0.39 is 17.1 Å². The van der Waals surface area contributed by atoms with Crippen LogP contribution in [0.1, 0.15) is 22.1 Å². The zero-order valence-corrected chi connectivity index (χ0v) is 13.3. The third-order valence-electron chi connectivity index (χ3n) is 3.96. The first-order chi connectivity index (χ1) is 11.9. The maximum atomic E-state index is 12.8. The van der Waals surface area contributed by atoms with Crippen LogP contribution in [0, 0.1) is 10.1 Å². The van der Waals surface area contributed by atoms with Crippen LogP contribution in [-0.2, 0) is 0 Å². The molecule has 0 spiro atoms. The van der Waals surface area contributed by atoms with Crippen molar-refractivity contribution in [3.8, 4) is 17.2 Å². The molecule has 2 N–H and O–H groups in total. The molecule has 130 valence electrons. The molecule has 9 heteroatoms. The lowest BCUT2D eigenvalue weighted by Crippen LogP contribution is -2.27. The van der Waals surface area contributed by atoms with Gasteiger partial charge in [-0.25, -0.2) is 0 Å². The number of aliphatic hydroxyl groups excluding tert-OH is 1. The zero-order valence-electron chi connectivity index (χ0n) is 13.3. The van der Waals surface area contributed by atoms with E-state index in [0.717, 1.165) is 23.1 Å². The Balaban J connectivity index is 2.17. The maximum absolute atomic E-state index is 12.8. The molecule has 0 aliphatic carbocycles. The van der Waals surface area contributed by atoms with Gasteiger partial charge in [0.05, 0.1) is 30.4 Å². The van der Waals surface area contributed by atoms with Crippen molar-refractivity contribution in [3.63, 3.8) is 0 Å². The summed E-state index contributed by atoms with van der Waals surface area (Å²) in [5.74, 6) is -0.617. The summed E-state index contributed by atoms with van der Waals surface area (Å²) in [6.45, 7) is 0. The minimum Gasteiger partial charge on any atom is -0.506 e. The lowest BCUT2D eigenvalue weighted by atomic mass is 10.1. The van der Waals surface area contributed by atoms with Gasteiger partial charge in [-0.3, -0.25) is 19.8 Å². The number of phenolic OH excluding ortho intramolecular Hbond substituents is 1. The van der Waals surface area contributed by atoms with Crippen molar-refractivity contribution in [1.29, 1.82) is 0 Å². The number of nitro benzene ring substituents is 1. The van der Waals surface area contributed by atoms with Gasteiger partial charge in [-0.2, -0.15) is 0 Å². The number of aliphatic hydroxyl groups is 1. The van der Waals surface area contributed by atoms with E-state index in [1.54, 1.807) is 0 Å². The van der Waals surface area contributed by atoms with E-state index in [4.69, 9.17) is 9.47 Å². The van der Waals surface area contributed by atoms with Gasteiger partial charge in [0.25, 0.3) is 11.6 Å². The highest BCUT2D eigenvalue weighted by molar-refractivity contribution is 6.13. The van der Waals surface area contributed by atoms with Crippen LogP contribution in [0.2, 0.25) is 0 Å². The normalized spacial score (nSPS) is 15.9. The fraction of sp³-hybridized carbons (Fsp3) is 0.188. The molecule has 25 heavy (non-hydrogen) atoms. The van der Waals surface area contributed by atoms with Gasteiger partial charge < -0.3 is 19.7 Å². The van der Waals surface area contributed by atoms with Gasteiger partial charge in [0.1, 0.15) is 5.75 Å². The first-order valence-electron chi connectivity index (χ1n) is 7.14. The molecule has 1 aliphatic rings. The van der Waals surface area contributed by atoms with E-state index in [1.165, 1.54) is 26.4 Å². The molecule has 0 fully saturated rings. The number of fused-ring (bicyclic) bond motifs is 1. The summed E-state index contributed by atoms with van der Waals surface area (Å²) in [5, 5.41) is 31.5. The molecule has 1 aliphatic heterocycles. The third kappa shape index (κ3) is 2.41. The Morgan fingerprint density at radius 2 is 1.92 bits per heavy atom. The molecule has 1 atom stereocenters. The van der Waals surface area contributed by atoms with Crippen molar-refractivity contribution >= 4 is 17.3 Å². The number of benzene rings is 2. The predicted molar refractivity (Wildman–Crippen MR) is 86.1 cm³/mol. The van der Waals surface area contributed by atoms with E-state index in [-0.39, 0.29) is 34.0 Å². The molecule has 1 heterocycles. The molecule has 0 radical (unpaired) electrons. The Kier molecular flexibility index (Phi) is 3.93. The number of non-ortho nitro benzene ring substituents is 1. The van der Waals surface area contributed by atoms with E-state index in [9.17, 15) is 25.1 Å². The third-order valence-corrected chi connectivity index (χ3v) is 3.96. The summed E-state index contributed by atoms with van der Waals surface area (Å²) < 4.78 is 10.4. The van der Waals surface area contributed by atoms with Crippen LogP contribution < -0.4 is 14.4 Å². The second-order valence-corrected chi connectivity index (χ2v) is 5.24. The SMILES string of the molecule is COc1ccc2c(c1OC)C(=O)N(c1cc([N+](=O)[O-])ccc1O)[C@H]2O. The minimum atomic E-state index is -1.43. The van der Waals surface area contributed by atoms with E-state index >= 15 is 0 Å². The van der Waals surface area contributed by atoms with Crippen LogP contribution in [0.3, 0.4) is 0 Å². The smallest absolute Gasteiger partial charge is 0.271 e. The number of hydrogen-bond acceptors (Lipinski definition) is 7. The number of rotatable bonds is 4. The largest absolute Gasteiger partial charge is 0.506 e. The maximum Gasteiger partial charge on any atom is 0.271 e. The lowest BCUT2D eigenvalue weighted by molar-refractivity contribution is -0.384.